The molecule has 0 radical (unpaired) electrons. The number of para-hydroxylation sites is 1. The van der Waals surface area contributed by atoms with Gasteiger partial charge < -0.3 is 9.47 Å². The van der Waals surface area contributed by atoms with Crippen LogP contribution in [0, 0.1) is 0 Å². The van der Waals surface area contributed by atoms with Gasteiger partial charge in [-0.1, -0.05) is 36.5 Å². The summed E-state index contributed by atoms with van der Waals surface area (Å²) in [6.45, 7) is 6.22. The highest BCUT2D eigenvalue weighted by Crippen LogP contribution is 2.31. The topological polar surface area (TPSA) is 93.7 Å². The Balaban J connectivity index is 1.38. The minimum absolute atomic E-state index is 0.436. The van der Waals surface area contributed by atoms with Crippen LogP contribution in [-0.2, 0) is 22.5 Å². The number of nitrogens with one attached hydrogen (secondary N) is 1. The van der Waals surface area contributed by atoms with E-state index in [1.807, 2.05) is 42.5 Å². The number of carbonyl (C=O) groups excluding carboxylic acids is 2. The number of carbonyl (C=O) groups is 2. The summed E-state index contributed by atoms with van der Waals surface area (Å²) >= 11 is 1.34. The predicted molar refractivity (Wildman–Crippen MR) is 141 cm³/mol. The highest BCUT2D eigenvalue weighted by molar-refractivity contribution is 7.22. The Bertz CT molecular complexity index is 1450. The standard InChI is InChI=1S/C27H28N4O4S/c1-4-12-31-13-11-21-19(15-31)24(18-7-5-6-8-20(18)28-21)26(33)35-16(2)25(32)30-27-29-22-10-9-17(34-3)14-23(22)36-27/h5-10,14,16H,4,11-13,15H2,1-3H3,(H,29,30,32). The first-order valence-electron chi connectivity index (χ1n) is 12.1. The van der Waals surface area contributed by atoms with E-state index in [9.17, 15) is 9.59 Å². The summed E-state index contributed by atoms with van der Waals surface area (Å²) in [6.07, 6.45) is 0.807. The molecule has 0 saturated heterocycles. The van der Waals surface area contributed by atoms with Crippen molar-refractivity contribution >= 4 is 49.5 Å². The summed E-state index contributed by atoms with van der Waals surface area (Å²) in [5.74, 6) is -0.231. The number of aromatic nitrogens is 2. The Kier molecular flexibility index (Phi) is 6.84. The van der Waals surface area contributed by atoms with Crippen LogP contribution >= 0.6 is 11.3 Å². The summed E-state index contributed by atoms with van der Waals surface area (Å²) in [5, 5.41) is 3.96. The van der Waals surface area contributed by atoms with E-state index >= 15 is 0 Å². The fourth-order valence-corrected chi connectivity index (χ4v) is 5.45. The second-order valence-electron chi connectivity index (χ2n) is 8.84. The molecule has 1 aliphatic rings. The number of anilines is 1. The summed E-state index contributed by atoms with van der Waals surface area (Å²) in [4.78, 5) is 38.0. The molecule has 0 spiro atoms. The summed E-state index contributed by atoms with van der Waals surface area (Å²) in [7, 11) is 1.60. The minimum atomic E-state index is -1.00. The molecule has 0 saturated carbocycles. The van der Waals surface area contributed by atoms with Crippen molar-refractivity contribution in [1.82, 2.24) is 14.9 Å². The number of rotatable bonds is 7. The van der Waals surface area contributed by atoms with E-state index in [1.54, 1.807) is 14.0 Å². The molecule has 3 heterocycles. The van der Waals surface area contributed by atoms with Gasteiger partial charge in [-0.3, -0.25) is 20.0 Å². The zero-order valence-corrected chi connectivity index (χ0v) is 21.4. The van der Waals surface area contributed by atoms with Gasteiger partial charge in [-0.15, -0.1) is 0 Å². The molecule has 0 bridgehead atoms. The monoisotopic (exact) mass is 504 g/mol. The van der Waals surface area contributed by atoms with E-state index in [1.165, 1.54) is 11.3 Å². The van der Waals surface area contributed by atoms with Crippen LogP contribution in [0.5, 0.6) is 5.75 Å². The maximum atomic E-state index is 13.5. The fraction of sp³-hybridized carbons (Fsp3) is 0.333. The zero-order valence-electron chi connectivity index (χ0n) is 20.5. The van der Waals surface area contributed by atoms with Crippen LogP contribution in [0.15, 0.2) is 42.5 Å². The number of amides is 1. The van der Waals surface area contributed by atoms with Crippen LogP contribution < -0.4 is 10.1 Å². The van der Waals surface area contributed by atoms with Gasteiger partial charge in [0.15, 0.2) is 11.2 Å². The minimum Gasteiger partial charge on any atom is -0.497 e. The molecule has 1 atom stereocenters. The largest absolute Gasteiger partial charge is 0.497 e. The molecule has 0 fully saturated rings. The third kappa shape index (κ3) is 4.76. The Morgan fingerprint density at radius 3 is 2.81 bits per heavy atom. The van der Waals surface area contributed by atoms with E-state index < -0.39 is 18.0 Å². The van der Waals surface area contributed by atoms with Crippen molar-refractivity contribution in [2.75, 3.05) is 25.5 Å². The van der Waals surface area contributed by atoms with Crippen molar-refractivity contribution in [2.45, 2.75) is 39.3 Å². The van der Waals surface area contributed by atoms with Gasteiger partial charge in [0.2, 0.25) is 0 Å². The molecule has 186 valence electrons. The Labute approximate surface area is 213 Å². The lowest BCUT2D eigenvalue weighted by molar-refractivity contribution is -0.123. The van der Waals surface area contributed by atoms with Crippen LogP contribution in [-0.4, -0.2) is 53.0 Å². The number of pyridine rings is 1. The van der Waals surface area contributed by atoms with Crippen molar-refractivity contribution in [3.63, 3.8) is 0 Å². The average Bonchev–Trinajstić information content (AvgIpc) is 3.28. The molecule has 8 nitrogen and oxygen atoms in total. The van der Waals surface area contributed by atoms with Crippen molar-refractivity contribution in [1.29, 1.82) is 0 Å². The van der Waals surface area contributed by atoms with Crippen molar-refractivity contribution < 1.29 is 19.1 Å². The molecule has 0 aliphatic carbocycles. The molecule has 4 aromatic rings. The van der Waals surface area contributed by atoms with Gasteiger partial charge in [0.1, 0.15) is 5.75 Å². The van der Waals surface area contributed by atoms with Gasteiger partial charge >= 0.3 is 5.97 Å². The van der Waals surface area contributed by atoms with Crippen LogP contribution in [0.2, 0.25) is 0 Å². The van der Waals surface area contributed by atoms with Crippen molar-refractivity contribution in [3.05, 3.63) is 59.3 Å². The van der Waals surface area contributed by atoms with Gasteiger partial charge in [-0.2, -0.15) is 0 Å². The first-order chi connectivity index (χ1) is 17.5. The molecule has 1 unspecified atom stereocenters. The van der Waals surface area contributed by atoms with Crippen LogP contribution in [0.25, 0.3) is 21.1 Å². The molecule has 1 aliphatic heterocycles. The molecule has 2 aromatic heterocycles. The quantitative estimate of drug-likeness (QED) is 0.361. The van der Waals surface area contributed by atoms with E-state index in [2.05, 4.69) is 22.1 Å². The molecule has 1 amide bonds. The van der Waals surface area contributed by atoms with Crippen molar-refractivity contribution in [2.24, 2.45) is 0 Å². The number of thiazole rings is 1. The predicted octanol–water partition coefficient (Wildman–Crippen LogP) is 4.81. The normalized spacial score (nSPS) is 14.4. The number of benzene rings is 2. The molecular weight excluding hydrogens is 476 g/mol. The summed E-state index contributed by atoms with van der Waals surface area (Å²) < 4.78 is 11.9. The number of hydrogen-bond acceptors (Lipinski definition) is 8. The van der Waals surface area contributed by atoms with Gasteiger partial charge in [0.05, 0.1) is 28.4 Å². The number of ether oxygens (including phenoxy) is 2. The van der Waals surface area contributed by atoms with Crippen LogP contribution in [0.4, 0.5) is 5.13 Å². The lowest BCUT2D eigenvalue weighted by atomic mass is 9.95. The van der Waals surface area contributed by atoms with Gasteiger partial charge in [-0.25, -0.2) is 9.78 Å². The van der Waals surface area contributed by atoms with Gasteiger partial charge in [0.25, 0.3) is 5.91 Å². The number of fused-ring (bicyclic) bond motifs is 3. The second-order valence-corrected chi connectivity index (χ2v) is 9.88. The molecule has 1 N–H and O–H groups in total. The smallest absolute Gasteiger partial charge is 0.339 e. The zero-order chi connectivity index (χ0) is 25.2. The number of methoxy groups -OCH3 is 1. The lowest BCUT2D eigenvalue weighted by Gasteiger charge is -2.29. The van der Waals surface area contributed by atoms with E-state index in [4.69, 9.17) is 14.5 Å². The highest BCUT2D eigenvalue weighted by atomic mass is 32.1. The molecule has 9 heteroatoms. The maximum Gasteiger partial charge on any atom is 0.339 e. The third-order valence-electron chi connectivity index (χ3n) is 6.35. The van der Waals surface area contributed by atoms with E-state index in [0.29, 0.717) is 17.2 Å². The number of esters is 1. The first kappa shape index (κ1) is 24.1. The van der Waals surface area contributed by atoms with E-state index in [-0.39, 0.29) is 0 Å². The van der Waals surface area contributed by atoms with Gasteiger partial charge in [0, 0.05) is 36.2 Å². The maximum absolute atomic E-state index is 13.5. The SMILES string of the molecule is CCCN1CCc2nc3ccccc3c(C(=O)OC(C)C(=O)Nc3nc4ccc(OC)cc4s3)c2C1. The van der Waals surface area contributed by atoms with E-state index in [0.717, 1.165) is 64.1 Å². The lowest BCUT2D eigenvalue weighted by Crippen LogP contribution is -2.34. The summed E-state index contributed by atoms with van der Waals surface area (Å²) in [5.41, 5.74) is 3.84. The Hall–Kier alpha value is -3.56. The molecule has 2 aromatic carbocycles. The number of nitrogens with zero attached hydrogens (tertiary/aromatic N) is 3. The molecule has 5 rings (SSSR count). The first-order valence-corrected chi connectivity index (χ1v) is 12.9. The Morgan fingerprint density at radius 2 is 2.00 bits per heavy atom. The fourth-order valence-electron chi connectivity index (χ4n) is 4.55. The second kappa shape index (κ2) is 10.2. The van der Waals surface area contributed by atoms with Crippen molar-refractivity contribution in [3.8, 4) is 5.75 Å². The highest BCUT2D eigenvalue weighted by Gasteiger charge is 2.28. The Morgan fingerprint density at radius 1 is 1.17 bits per heavy atom. The molecule has 36 heavy (non-hydrogen) atoms. The average molecular weight is 505 g/mol. The van der Waals surface area contributed by atoms with Crippen LogP contribution in [0.3, 0.4) is 0 Å². The van der Waals surface area contributed by atoms with Gasteiger partial charge in [-0.05, 0) is 44.2 Å². The third-order valence-corrected chi connectivity index (χ3v) is 7.28. The molecular formula is C27H28N4O4S. The summed E-state index contributed by atoms with van der Waals surface area (Å²) in [6, 6.07) is 13.1. The number of hydrogen-bond donors (Lipinski definition) is 1. The van der Waals surface area contributed by atoms with Crippen LogP contribution in [0.1, 0.15) is 41.9 Å².